The van der Waals surface area contributed by atoms with Crippen LogP contribution in [0.25, 0.3) is 0 Å². The molecule has 0 saturated carbocycles. The van der Waals surface area contributed by atoms with Crippen LogP contribution >= 0.6 is 0 Å². The Morgan fingerprint density at radius 2 is 1.55 bits per heavy atom. The second kappa shape index (κ2) is 9.94. The van der Waals surface area contributed by atoms with Crippen molar-refractivity contribution in [2.45, 2.75) is 38.3 Å². The Morgan fingerprint density at radius 1 is 1.05 bits per heavy atom. The molecule has 0 aromatic heterocycles. The van der Waals surface area contributed by atoms with E-state index >= 15 is 0 Å². The highest BCUT2D eigenvalue weighted by molar-refractivity contribution is 5.69. The number of hydrogen-bond donors (Lipinski definition) is 2. The van der Waals surface area contributed by atoms with Gasteiger partial charge in [-0.05, 0) is 5.56 Å². The van der Waals surface area contributed by atoms with E-state index in [2.05, 4.69) is 11.5 Å². The predicted octanol–water partition coefficient (Wildman–Crippen LogP) is -3.26. The molecule has 6 nitrogen and oxygen atoms in total. The second-order valence-corrected chi connectivity index (χ2v) is 4.51. The Balaban J connectivity index is 0.000000396. The van der Waals surface area contributed by atoms with E-state index in [9.17, 15) is 19.8 Å². The van der Waals surface area contributed by atoms with E-state index in [4.69, 9.17) is 0 Å². The Bertz CT molecular complexity index is 409. The highest BCUT2D eigenvalue weighted by atomic mass is 16.4. The molecule has 1 aromatic carbocycles. The third-order valence-electron chi connectivity index (χ3n) is 2.63. The van der Waals surface area contributed by atoms with Gasteiger partial charge in [0.2, 0.25) is 0 Å². The fourth-order valence-electron chi connectivity index (χ4n) is 1.45. The van der Waals surface area contributed by atoms with E-state index < -0.39 is 24.0 Å². The van der Waals surface area contributed by atoms with Gasteiger partial charge in [-0.15, -0.1) is 0 Å². The van der Waals surface area contributed by atoms with Crippen molar-refractivity contribution in [3.05, 3.63) is 35.9 Å². The molecule has 0 amide bonds. The summed E-state index contributed by atoms with van der Waals surface area (Å²) in [5, 5.41) is 20.2. The smallest absolute Gasteiger partial charge is 0.129 e. The van der Waals surface area contributed by atoms with Gasteiger partial charge in [-0.1, -0.05) is 43.7 Å². The van der Waals surface area contributed by atoms with Crippen LogP contribution in [-0.4, -0.2) is 24.0 Å². The molecule has 6 heteroatoms. The minimum atomic E-state index is -1.10. The van der Waals surface area contributed by atoms with E-state index in [0.29, 0.717) is 12.8 Å². The summed E-state index contributed by atoms with van der Waals surface area (Å²) in [6.07, 6.45) is 1.90. The maximum Gasteiger partial charge on any atom is 0.129 e. The first kappa shape index (κ1) is 18.1. The van der Waals surface area contributed by atoms with Crippen LogP contribution < -0.4 is 21.7 Å². The summed E-state index contributed by atoms with van der Waals surface area (Å²) in [5.74, 6) is -2.15. The van der Waals surface area contributed by atoms with Crippen molar-refractivity contribution in [1.82, 2.24) is 0 Å². The number of carboxylic acids is 2. The lowest BCUT2D eigenvalue weighted by atomic mass is 10.1. The van der Waals surface area contributed by atoms with Crippen LogP contribution in [0.2, 0.25) is 0 Å². The molecule has 2 atom stereocenters. The average Bonchev–Trinajstić information content (AvgIpc) is 2.40. The third kappa shape index (κ3) is 8.23. The summed E-state index contributed by atoms with van der Waals surface area (Å²) in [6.45, 7) is 1.92. The van der Waals surface area contributed by atoms with Crippen molar-refractivity contribution in [2.24, 2.45) is 0 Å². The molecule has 0 radical (unpaired) electrons. The number of quaternary nitrogens is 2. The second-order valence-electron chi connectivity index (χ2n) is 4.51. The average molecular weight is 282 g/mol. The fourth-order valence-corrected chi connectivity index (χ4v) is 1.45. The molecule has 0 fully saturated rings. The molecular weight excluding hydrogens is 260 g/mol. The molecule has 0 bridgehead atoms. The minimum absolute atomic E-state index is 0.434. The van der Waals surface area contributed by atoms with Crippen molar-refractivity contribution in [1.29, 1.82) is 0 Å². The molecule has 0 aliphatic heterocycles. The molecule has 0 heterocycles. The summed E-state index contributed by atoms with van der Waals surface area (Å²) >= 11 is 0. The first-order chi connectivity index (χ1) is 9.38. The van der Waals surface area contributed by atoms with Gasteiger partial charge in [-0.2, -0.15) is 0 Å². The van der Waals surface area contributed by atoms with Gasteiger partial charge in [-0.3, -0.25) is 0 Å². The molecule has 0 aliphatic rings. The lowest BCUT2D eigenvalue weighted by Crippen LogP contribution is -2.69. The number of aliphatic carboxylic acids is 2. The third-order valence-corrected chi connectivity index (χ3v) is 2.63. The van der Waals surface area contributed by atoms with Gasteiger partial charge >= 0.3 is 0 Å². The number of carbonyl (C=O) groups excluding carboxylic acids is 2. The van der Waals surface area contributed by atoms with Crippen LogP contribution in [-0.2, 0) is 16.0 Å². The zero-order valence-electron chi connectivity index (χ0n) is 11.7. The summed E-state index contributed by atoms with van der Waals surface area (Å²) in [7, 11) is 0. The van der Waals surface area contributed by atoms with Crippen LogP contribution in [0.5, 0.6) is 0 Å². The Morgan fingerprint density at radius 3 is 1.90 bits per heavy atom. The molecule has 1 aromatic rings. The summed E-state index contributed by atoms with van der Waals surface area (Å²) in [6, 6.07) is 8.20. The zero-order valence-corrected chi connectivity index (χ0v) is 11.7. The Hall–Kier alpha value is -1.92. The minimum Gasteiger partial charge on any atom is -0.544 e. The zero-order chi connectivity index (χ0) is 15.5. The first-order valence-electron chi connectivity index (χ1n) is 6.50. The monoisotopic (exact) mass is 282 g/mol. The van der Waals surface area contributed by atoms with Crippen molar-refractivity contribution < 1.29 is 31.3 Å². The molecule has 0 unspecified atom stereocenters. The van der Waals surface area contributed by atoms with Crippen molar-refractivity contribution in [2.75, 3.05) is 0 Å². The number of rotatable bonds is 6. The maximum absolute atomic E-state index is 10.3. The number of hydrogen-bond acceptors (Lipinski definition) is 4. The maximum atomic E-state index is 10.3. The van der Waals surface area contributed by atoms with Gasteiger partial charge in [0, 0.05) is 12.8 Å². The van der Waals surface area contributed by atoms with E-state index in [1.807, 2.05) is 37.3 Å². The van der Waals surface area contributed by atoms with Gasteiger partial charge in [0.05, 0.1) is 11.9 Å². The molecule has 0 aliphatic carbocycles. The van der Waals surface area contributed by atoms with Crippen LogP contribution in [0.3, 0.4) is 0 Å². The molecule has 20 heavy (non-hydrogen) atoms. The molecule has 0 spiro atoms. The lowest BCUT2D eigenvalue weighted by molar-refractivity contribution is -0.438. The van der Waals surface area contributed by atoms with Gasteiger partial charge in [0.1, 0.15) is 12.1 Å². The fraction of sp³-hybridized carbons (Fsp3) is 0.429. The van der Waals surface area contributed by atoms with Crippen molar-refractivity contribution in [3.8, 4) is 0 Å². The highest BCUT2D eigenvalue weighted by Crippen LogP contribution is 2.00. The molecule has 0 saturated heterocycles. The van der Waals surface area contributed by atoms with E-state index in [0.717, 1.165) is 12.0 Å². The van der Waals surface area contributed by atoms with Gasteiger partial charge in [0.15, 0.2) is 0 Å². The van der Waals surface area contributed by atoms with Crippen molar-refractivity contribution in [3.63, 3.8) is 0 Å². The Labute approximate surface area is 118 Å². The molecule has 112 valence electrons. The van der Waals surface area contributed by atoms with Crippen LogP contribution in [0, 0.1) is 0 Å². The van der Waals surface area contributed by atoms with Crippen molar-refractivity contribution >= 4 is 11.9 Å². The van der Waals surface area contributed by atoms with Crippen LogP contribution in [0.15, 0.2) is 30.3 Å². The normalized spacial score (nSPS) is 12.8. The van der Waals surface area contributed by atoms with Gasteiger partial charge in [-0.25, -0.2) is 0 Å². The quantitative estimate of drug-likeness (QED) is 0.566. The van der Waals surface area contributed by atoms with Gasteiger partial charge in [0.25, 0.3) is 0 Å². The van der Waals surface area contributed by atoms with E-state index in [-0.39, 0.29) is 0 Å². The lowest BCUT2D eigenvalue weighted by Gasteiger charge is -2.08. The number of benzene rings is 1. The van der Waals surface area contributed by atoms with E-state index in [1.165, 1.54) is 0 Å². The highest BCUT2D eigenvalue weighted by Gasteiger charge is 2.07. The predicted molar refractivity (Wildman–Crippen MR) is 68.4 cm³/mol. The number of carbonyl (C=O) groups is 2. The number of carboxylic acid groups (broad SMARTS) is 2. The van der Waals surface area contributed by atoms with Crippen LogP contribution in [0.1, 0.15) is 25.3 Å². The van der Waals surface area contributed by atoms with E-state index in [1.54, 1.807) is 0 Å². The van der Waals surface area contributed by atoms with Gasteiger partial charge < -0.3 is 31.3 Å². The largest absolute Gasteiger partial charge is 0.544 e. The van der Waals surface area contributed by atoms with Crippen LogP contribution in [0.4, 0.5) is 0 Å². The Kier molecular flexibility index (Phi) is 8.98. The standard InChI is InChI=1S/C9H11NO2.C5H11NO2/c10-8(9(11)12)6-7-4-2-1-3-5-7;1-2-3-4(6)5(7)8/h1-5,8H,6,10H2,(H,11,12);4H,2-3,6H2,1H3,(H,7,8)/t8-;4-/m01/s1. The molecular formula is C14H22N2O4. The topological polar surface area (TPSA) is 136 Å². The SMILES string of the molecule is CCC[C@@H]([NH3+])C(=O)[O-].[NH3+][C@@H](Cc1ccccc1)C(=O)[O-]. The molecule has 6 N–H and O–H groups in total. The first-order valence-corrected chi connectivity index (χ1v) is 6.50. The summed E-state index contributed by atoms with van der Waals surface area (Å²) in [5.41, 5.74) is 7.81. The summed E-state index contributed by atoms with van der Waals surface area (Å²) < 4.78 is 0. The summed E-state index contributed by atoms with van der Waals surface area (Å²) in [4.78, 5) is 20.2. The molecule has 1 rings (SSSR count).